The van der Waals surface area contributed by atoms with Gasteiger partial charge in [-0.25, -0.2) is 0 Å². The van der Waals surface area contributed by atoms with Gasteiger partial charge >= 0.3 is 6.36 Å². The lowest BCUT2D eigenvalue weighted by atomic mass is 10.2. The summed E-state index contributed by atoms with van der Waals surface area (Å²) in [5.74, 6) is -0.237. The first-order chi connectivity index (χ1) is 8.78. The number of ether oxygens (including phenoxy) is 1. The van der Waals surface area contributed by atoms with Crippen molar-refractivity contribution in [1.82, 2.24) is 5.32 Å². The highest BCUT2D eigenvalue weighted by Gasteiger charge is 2.30. The molecule has 2 unspecified atom stereocenters. The Morgan fingerprint density at radius 3 is 2.37 bits per heavy atom. The molecule has 1 N–H and O–H groups in total. The van der Waals surface area contributed by atoms with E-state index in [9.17, 15) is 17.4 Å². The van der Waals surface area contributed by atoms with Crippen molar-refractivity contribution in [3.8, 4) is 5.75 Å². The first-order valence-corrected chi connectivity index (χ1v) is 7.27. The van der Waals surface area contributed by atoms with Crippen molar-refractivity contribution in [2.45, 2.75) is 25.1 Å². The molecule has 1 aromatic carbocycles. The summed E-state index contributed by atoms with van der Waals surface area (Å²) in [5.41, 5.74) is 0.837. The van der Waals surface area contributed by atoms with E-state index in [1.807, 2.05) is 6.92 Å². The second-order valence-electron chi connectivity index (χ2n) is 4.13. The van der Waals surface area contributed by atoms with Gasteiger partial charge in [-0.3, -0.25) is 4.21 Å². The molecule has 19 heavy (non-hydrogen) atoms. The molecule has 0 bridgehead atoms. The van der Waals surface area contributed by atoms with Crippen molar-refractivity contribution in [2.24, 2.45) is 0 Å². The quantitative estimate of drug-likeness (QED) is 0.876. The maximum Gasteiger partial charge on any atom is 0.573 e. The lowest BCUT2D eigenvalue weighted by Crippen LogP contribution is -2.27. The van der Waals surface area contributed by atoms with Gasteiger partial charge in [0, 0.05) is 35.4 Å². The van der Waals surface area contributed by atoms with Crippen LogP contribution in [0.5, 0.6) is 5.75 Å². The SMILES string of the molecule is CC(CNCc1ccc(OC(F)(F)F)cc1)S(C)=O. The van der Waals surface area contributed by atoms with E-state index in [4.69, 9.17) is 0 Å². The molecule has 1 aromatic rings. The molecule has 0 aliphatic heterocycles. The van der Waals surface area contributed by atoms with E-state index in [0.717, 1.165) is 5.56 Å². The standard InChI is InChI=1S/C12H16F3NO2S/c1-9(19(2)17)7-16-8-10-3-5-11(6-4-10)18-12(13,14)15/h3-6,9,16H,7-8H2,1-2H3. The van der Waals surface area contributed by atoms with Crippen molar-refractivity contribution in [2.75, 3.05) is 12.8 Å². The summed E-state index contributed by atoms with van der Waals surface area (Å²) in [6, 6.07) is 5.65. The smallest absolute Gasteiger partial charge is 0.406 e. The van der Waals surface area contributed by atoms with Crippen LogP contribution in [0.25, 0.3) is 0 Å². The van der Waals surface area contributed by atoms with Gasteiger partial charge in [0.2, 0.25) is 0 Å². The molecule has 0 fully saturated rings. The van der Waals surface area contributed by atoms with Gasteiger partial charge in [0.1, 0.15) is 5.75 Å². The summed E-state index contributed by atoms with van der Waals surface area (Å²) in [4.78, 5) is 0. The fourth-order valence-corrected chi connectivity index (χ4v) is 1.70. The van der Waals surface area contributed by atoms with Crippen LogP contribution < -0.4 is 10.1 Å². The third-order valence-electron chi connectivity index (χ3n) is 2.48. The van der Waals surface area contributed by atoms with Crippen molar-refractivity contribution >= 4 is 10.8 Å². The average molecular weight is 295 g/mol. The molecule has 0 heterocycles. The van der Waals surface area contributed by atoms with Crippen LogP contribution in [0.4, 0.5) is 13.2 Å². The predicted octanol–water partition coefficient (Wildman–Crippen LogP) is 2.44. The van der Waals surface area contributed by atoms with Gasteiger partial charge in [0.15, 0.2) is 0 Å². The Hall–Kier alpha value is -1.08. The minimum Gasteiger partial charge on any atom is -0.406 e. The Morgan fingerprint density at radius 1 is 1.32 bits per heavy atom. The van der Waals surface area contributed by atoms with E-state index in [-0.39, 0.29) is 11.0 Å². The highest BCUT2D eigenvalue weighted by atomic mass is 32.2. The monoisotopic (exact) mass is 295 g/mol. The number of benzene rings is 1. The van der Waals surface area contributed by atoms with Crippen LogP contribution in [0.15, 0.2) is 24.3 Å². The molecule has 7 heteroatoms. The molecule has 1 rings (SSSR count). The molecule has 0 radical (unpaired) electrons. The van der Waals surface area contributed by atoms with Gasteiger partial charge in [0.25, 0.3) is 0 Å². The second kappa shape index (κ2) is 6.91. The maximum absolute atomic E-state index is 11.9. The maximum atomic E-state index is 11.9. The van der Waals surface area contributed by atoms with Crippen molar-refractivity contribution in [1.29, 1.82) is 0 Å². The Bertz CT molecular complexity index is 420. The van der Waals surface area contributed by atoms with E-state index in [2.05, 4.69) is 10.1 Å². The van der Waals surface area contributed by atoms with Crippen molar-refractivity contribution in [3.05, 3.63) is 29.8 Å². The van der Waals surface area contributed by atoms with Gasteiger partial charge in [0.05, 0.1) is 0 Å². The van der Waals surface area contributed by atoms with Crippen LogP contribution in [-0.4, -0.2) is 28.6 Å². The molecule has 2 atom stereocenters. The second-order valence-corrected chi connectivity index (χ2v) is 5.93. The summed E-state index contributed by atoms with van der Waals surface area (Å²) in [5, 5.41) is 3.13. The van der Waals surface area contributed by atoms with Crippen LogP contribution in [0.3, 0.4) is 0 Å². The van der Waals surface area contributed by atoms with Crippen LogP contribution in [0.2, 0.25) is 0 Å². The summed E-state index contributed by atoms with van der Waals surface area (Å²) in [6.07, 6.45) is -3.03. The Labute approximate surface area is 112 Å². The molecular weight excluding hydrogens is 279 g/mol. The van der Waals surface area contributed by atoms with E-state index in [1.165, 1.54) is 12.1 Å². The molecule has 108 valence electrons. The number of hydrogen-bond acceptors (Lipinski definition) is 3. The number of hydrogen-bond donors (Lipinski definition) is 1. The topological polar surface area (TPSA) is 38.3 Å². The summed E-state index contributed by atoms with van der Waals surface area (Å²) in [7, 11) is -0.891. The molecule has 0 aliphatic rings. The highest BCUT2D eigenvalue weighted by molar-refractivity contribution is 7.84. The summed E-state index contributed by atoms with van der Waals surface area (Å²) in [6.45, 7) is 2.96. The van der Waals surface area contributed by atoms with Gasteiger partial charge in [-0.15, -0.1) is 13.2 Å². The molecule has 0 aliphatic carbocycles. The molecule has 0 saturated heterocycles. The van der Waals surface area contributed by atoms with Gasteiger partial charge in [-0.2, -0.15) is 0 Å². The Kier molecular flexibility index (Phi) is 5.81. The minimum atomic E-state index is -4.67. The van der Waals surface area contributed by atoms with Crippen LogP contribution in [0, 0.1) is 0 Å². The number of rotatable bonds is 6. The molecular formula is C12H16F3NO2S. The van der Waals surface area contributed by atoms with Crippen molar-refractivity contribution in [3.63, 3.8) is 0 Å². The third-order valence-corrected chi connectivity index (χ3v) is 3.78. The van der Waals surface area contributed by atoms with E-state index in [1.54, 1.807) is 18.4 Å². The average Bonchev–Trinajstić information content (AvgIpc) is 2.29. The normalized spacial score (nSPS) is 15.0. The zero-order valence-electron chi connectivity index (χ0n) is 10.7. The van der Waals surface area contributed by atoms with Gasteiger partial charge in [-0.1, -0.05) is 12.1 Å². The lowest BCUT2D eigenvalue weighted by molar-refractivity contribution is -0.274. The zero-order valence-corrected chi connectivity index (χ0v) is 11.5. The van der Waals surface area contributed by atoms with Crippen LogP contribution >= 0.6 is 0 Å². The predicted molar refractivity (Wildman–Crippen MR) is 68.4 cm³/mol. The Morgan fingerprint density at radius 2 is 1.89 bits per heavy atom. The molecule has 0 amide bonds. The fraction of sp³-hybridized carbons (Fsp3) is 0.500. The zero-order chi connectivity index (χ0) is 14.5. The number of nitrogens with one attached hydrogen (secondary N) is 1. The Balaban J connectivity index is 2.42. The lowest BCUT2D eigenvalue weighted by Gasteiger charge is -2.11. The van der Waals surface area contributed by atoms with Crippen LogP contribution in [-0.2, 0) is 17.3 Å². The largest absolute Gasteiger partial charge is 0.573 e. The van der Waals surface area contributed by atoms with E-state index in [0.29, 0.717) is 13.1 Å². The minimum absolute atomic E-state index is 0.0350. The van der Waals surface area contributed by atoms with Crippen molar-refractivity contribution < 1.29 is 22.1 Å². The highest BCUT2D eigenvalue weighted by Crippen LogP contribution is 2.22. The first kappa shape index (κ1) is 16.0. The number of halogens is 3. The van der Waals surface area contributed by atoms with Gasteiger partial charge in [-0.05, 0) is 24.6 Å². The summed E-state index contributed by atoms with van der Waals surface area (Å²) >= 11 is 0. The van der Waals surface area contributed by atoms with E-state index < -0.39 is 17.2 Å². The molecule has 3 nitrogen and oxygen atoms in total. The third kappa shape index (κ3) is 6.58. The fourth-order valence-electron chi connectivity index (χ4n) is 1.35. The number of alkyl halides is 3. The van der Waals surface area contributed by atoms with Crippen LogP contribution in [0.1, 0.15) is 12.5 Å². The van der Waals surface area contributed by atoms with Gasteiger partial charge < -0.3 is 10.1 Å². The summed E-state index contributed by atoms with van der Waals surface area (Å²) < 4.78 is 50.7. The first-order valence-electron chi connectivity index (χ1n) is 5.65. The molecule has 0 aromatic heterocycles. The molecule has 0 spiro atoms. The molecule has 0 saturated carbocycles. The van der Waals surface area contributed by atoms with E-state index >= 15 is 0 Å².